The second-order valence-corrected chi connectivity index (χ2v) is 4.38. The first-order chi connectivity index (χ1) is 8.56. The van der Waals surface area contributed by atoms with Crippen LogP contribution in [0.25, 0.3) is 0 Å². The van der Waals surface area contributed by atoms with Crippen LogP contribution in [0.2, 0.25) is 0 Å². The minimum atomic E-state index is -2.61. The molecule has 6 nitrogen and oxygen atoms in total. The van der Waals surface area contributed by atoms with E-state index in [0.717, 1.165) is 0 Å². The van der Waals surface area contributed by atoms with Gasteiger partial charge in [0.2, 0.25) is 0 Å². The van der Waals surface area contributed by atoms with Gasteiger partial charge in [0.1, 0.15) is 5.69 Å². The molecule has 0 radical (unpaired) electrons. The van der Waals surface area contributed by atoms with Gasteiger partial charge in [-0.15, -0.1) is 5.10 Å². The molecule has 2 N–H and O–H groups in total. The summed E-state index contributed by atoms with van der Waals surface area (Å²) in [5.74, 6) is 0. The Hall–Kier alpha value is -1.73. The Bertz CT molecular complexity index is 416. The Morgan fingerprint density at radius 1 is 1.44 bits per heavy atom. The minimum absolute atomic E-state index is 0.0249. The molecular formula is C10H14F2N4O2. The molecule has 0 aromatic carbocycles. The van der Waals surface area contributed by atoms with Crippen LogP contribution in [-0.2, 0) is 0 Å². The third-order valence-electron chi connectivity index (χ3n) is 3.15. The fourth-order valence-corrected chi connectivity index (χ4v) is 2.23. The van der Waals surface area contributed by atoms with E-state index in [2.05, 4.69) is 15.6 Å². The Kier molecular flexibility index (Phi) is 3.73. The van der Waals surface area contributed by atoms with Crippen LogP contribution in [0, 0.1) is 0 Å². The highest BCUT2D eigenvalue weighted by Gasteiger charge is 2.25. The average Bonchev–Trinajstić information content (AvgIpc) is 2.78. The van der Waals surface area contributed by atoms with E-state index in [1.54, 1.807) is 0 Å². The topological polar surface area (TPSA) is 80.0 Å². The molecule has 1 aromatic rings. The second-order valence-electron chi connectivity index (χ2n) is 4.38. The molecule has 0 atom stereocenters. The highest BCUT2D eigenvalue weighted by Crippen LogP contribution is 2.28. The van der Waals surface area contributed by atoms with Crippen LogP contribution < -0.4 is 5.32 Å². The molecule has 0 spiro atoms. The van der Waals surface area contributed by atoms with Crippen molar-refractivity contribution in [2.45, 2.75) is 44.2 Å². The van der Waals surface area contributed by atoms with Crippen molar-refractivity contribution in [2.24, 2.45) is 0 Å². The molecule has 1 amide bonds. The van der Waals surface area contributed by atoms with Crippen LogP contribution in [-0.4, -0.2) is 32.2 Å². The smallest absolute Gasteiger partial charge is 0.404 e. The number of amides is 1. The van der Waals surface area contributed by atoms with Crippen molar-refractivity contribution >= 4 is 6.09 Å². The number of halogens is 2. The molecule has 1 aliphatic carbocycles. The van der Waals surface area contributed by atoms with Gasteiger partial charge in [-0.1, -0.05) is 5.21 Å². The number of hydrogen-bond acceptors (Lipinski definition) is 3. The van der Waals surface area contributed by atoms with Gasteiger partial charge in [0.15, 0.2) is 0 Å². The monoisotopic (exact) mass is 260 g/mol. The zero-order valence-electron chi connectivity index (χ0n) is 9.59. The van der Waals surface area contributed by atoms with E-state index in [1.807, 2.05) is 0 Å². The molecule has 2 rings (SSSR count). The Morgan fingerprint density at radius 2 is 2.11 bits per heavy atom. The zero-order valence-corrected chi connectivity index (χ0v) is 9.59. The summed E-state index contributed by atoms with van der Waals surface area (Å²) in [5.41, 5.74) is -0.319. The number of rotatable bonds is 3. The van der Waals surface area contributed by atoms with E-state index in [0.29, 0.717) is 25.7 Å². The molecule has 8 heteroatoms. The lowest BCUT2D eigenvalue weighted by Crippen LogP contribution is -2.37. The summed E-state index contributed by atoms with van der Waals surface area (Å²) in [6.07, 6.45) is 0.401. The van der Waals surface area contributed by atoms with Crippen LogP contribution in [0.5, 0.6) is 0 Å². The maximum atomic E-state index is 12.4. The number of aromatic nitrogens is 3. The molecule has 0 aliphatic heterocycles. The van der Waals surface area contributed by atoms with Gasteiger partial charge in [-0.3, -0.25) is 0 Å². The highest BCUT2D eigenvalue weighted by atomic mass is 19.3. The molecule has 100 valence electrons. The Balaban J connectivity index is 1.90. The second kappa shape index (κ2) is 5.28. The van der Waals surface area contributed by atoms with Crippen molar-refractivity contribution in [1.82, 2.24) is 20.3 Å². The van der Waals surface area contributed by atoms with Gasteiger partial charge >= 0.3 is 6.09 Å². The quantitative estimate of drug-likeness (QED) is 0.870. The fourth-order valence-electron chi connectivity index (χ4n) is 2.23. The molecule has 0 saturated heterocycles. The molecule has 0 unspecified atom stereocenters. The zero-order chi connectivity index (χ0) is 13.1. The molecular weight excluding hydrogens is 246 g/mol. The fraction of sp³-hybridized carbons (Fsp3) is 0.700. The van der Waals surface area contributed by atoms with Gasteiger partial charge < -0.3 is 10.4 Å². The highest BCUT2D eigenvalue weighted by molar-refractivity contribution is 5.64. The third kappa shape index (κ3) is 2.93. The summed E-state index contributed by atoms with van der Waals surface area (Å²) < 4.78 is 26.2. The summed E-state index contributed by atoms with van der Waals surface area (Å²) in [4.78, 5) is 10.5. The van der Waals surface area contributed by atoms with Crippen LogP contribution in [0.3, 0.4) is 0 Å². The van der Waals surface area contributed by atoms with Crippen molar-refractivity contribution in [3.05, 3.63) is 11.9 Å². The van der Waals surface area contributed by atoms with Crippen molar-refractivity contribution in [1.29, 1.82) is 0 Å². The SMILES string of the molecule is O=C(O)N[C@H]1CC[C@H](n2cc(C(F)F)nn2)CC1. The number of carbonyl (C=O) groups is 1. The number of hydrogen-bond donors (Lipinski definition) is 2. The first-order valence-electron chi connectivity index (χ1n) is 5.75. The van der Waals surface area contributed by atoms with E-state index >= 15 is 0 Å². The number of nitrogens with zero attached hydrogens (tertiary/aromatic N) is 3. The molecule has 1 aliphatic rings. The predicted molar refractivity (Wildman–Crippen MR) is 57.4 cm³/mol. The van der Waals surface area contributed by atoms with Crippen molar-refractivity contribution in [3.8, 4) is 0 Å². The minimum Gasteiger partial charge on any atom is -0.465 e. The molecule has 1 saturated carbocycles. The van der Waals surface area contributed by atoms with Gasteiger partial charge in [0.25, 0.3) is 6.43 Å². The Labute approximate surface area is 102 Å². The standard InChI is InChI=1S/C10H14F2N4O2/c11-9(12)8-5-16(15-14-8)7-3-1-6(2-4-7)13-10(17)18/h5-7,9,13H,1-4H2,(H,17,18)/t6-,7-. The molecule has 0 bridgehead atoms. The van der Waals surface area contributed by atoms with Gasteiger partial charge in [-0.2, -0.15) is 0 Å². The Morgan fingerprint density at radius 3 is 2.61 bits per heavy atom. The lowest BCUT2D eigenvalue weighted by molar-refractivity contribution is 0.146. The molecule has 1 heterocycles. The number of carboxylic acid groups (broad SMARTS) is 1. The summed E-state index contributed by atoms with van der Waals surface area (Å²) >= 11 is 0. The number of nitrogens with one attached hydrogen (secondary N) is 1. The van der Waals surface area contributed by atoms with E-state index in [1.165, 1.54) is 10.9 Å². The van der Waals surface area contributed by atoms with Crippen LogP contribution >= 0.6 is 0 Å². The maximum Gasteiger partial charge on any atom is 0.404 e. The molecule has 1 aromatic heterocycles. The van der Waals surface area contributed by atoms with Crippen molar-refractivity contribution in [3.63, 3.8) is 0 Å². The van der Waals surface area contributed by atoms with Gasteiger partial charge in [-0.05, 0) is 25.7 Å². The normalized spacial score (nSPS) is 24.2. The maximum absolute atomic E-state index is 12.4. The largest absolute Gasteiger partial charge is 0.465 e. The lowest BCUT2D eigenvalue weighted by atomic mass is 9.91. The van der Waals surface area contributed by atoms with Gasteiger partial charge in [0.05, 0.1) is 12.2 Å². The van der Waals surface area contributed by atoms with E-state index in [4.69, 9.17) is 5.11 Å². The van der Waals surface area contributed by atoms with Gasteiger partial charge in [0, 0.05) is 6.04 Å². The number of alkyl halides is 2. The van der Waals surface area contributed by atoms with Crippen LogP contribution in [0.15, 0.2) is 6.20 Å². The van der Waals surface area contributed by atoms with Crippen molar-refractivity contribution < 1.29 is 18.7 Å². The molecule has 18 heavy (non-hydrogen) atoms. The summed E-state index contributed by atoms with van der Waals surface area (Å²) in [6.45, 7) is 0. The summed E-state index contributed by atoms with van der Waals surface area (Å²) in [6, 6.07) is -0.0336. The first-order valence-corrected chi connectivity index (χ1v) is 5.75. The van der Waals surface area contributed by atoms with E-state index in [9.17, 15) is 13.6 Å². The predicted octanol–water partition coefficient (Wildman–Crippen LogP) is 1.97. The molecule has 1 fully saturated rings. The summed E-state index contributed by atoms with van der Waals surface area (Å²) in [7, 11) is 0. The lowest BCUT2D eigenvalue weighted by Gasteiger charge is -2.28. The van der Waals surface area contributed by atoms with Crippen molar-refractivity contribution in [2.75, 3.05) is 0 Å². The van der Waals surface area contributed by atoms with Crippen LogP contribution in [0.4, 0.5) is 13.6 Å². The van der Waals surface area contributed by atoms with E-state index < -0.39 is 12.5 Å². The van der Waals surface area contributed by atoms with Crippen LogP contribution in [0.1, 0.15) is 43.8 Å². The van der Waals surface area contributed by atoms with Gasteiger partial charge in [-0.25, -0.2) is 18.3 Å². The third-order valence-corrected chi connectivity index (χ3v) is 3.15. The van der Waals surface area contributed by atoms with E-state index in [-0.39, 0.29) is 17.8 Å². The summed E-state index contributed by atoms with van der Waals surface area (Å²) in [5, 5.41) is 18.1. The average molecular weight is 260 g/mol. The first kappa shape index (κ1) is 12.7.